The van der Waals surface area contributed by atoms with Crippen molar-refractivity contribution in [3.8, 4) is 0 Å². The highest BCUT2D eigenvalue weighted by Crippen LogP contribution is 2.16. The topological polar surface area (TPSA) is 78.9 Å². The van der Waals surface area contributed by atoms with Gasteiger partial charge in [-0.2, -0.15) is 0 Å². The van der Waals surface area contributed by atoms with Gasteiger partial charge in [0.05, 0.1) is 0 Å². The van der Waals surface area contributed by atoms with E-state index in [1.54, 1.807) is 0 Å². The summed E-state index contributed by atoms with van der Waals surface area (Å²) < 4.78 is 17.0. The van der Waals surface area contributed by atoms with Crippen molar-refractivity contribution in [3.05, 3.63) is 109 Å². The third-order valence-corrected chi connectivity index (χ3v) is 14.7. The first-order valence-corrected chi connectivity index (χ1v) is 34.4. The van der Waals surface area contributed by atoms with Gasteiger partial charge >= 0.3 is 17.9 Å². The maximum atomic E-state index is 12.9. The number of hydrogen-bond acceptors (Lipinski definition) is 6. The van der Waals surface area contributed by atoms with Gasteiger partial charge in [0, 0.05) is 19.3 Å². The zero-order chi connectivity index (χ0) is 58.5. The molecular formula is C75H128O6. The Morgan fingerprint density at radius 2 is 0.481 bits per heavy atom. The minimum absolute atomic E-state index is 0.0877. The molecule has 6 nitrogen and oxygen atoms in total. The molecule has 1 atom stereocenters. The van der Waals surface area contributed by atoms with Gasteiger partial charge in [0.1, 0.15) is 13.2 Å². The highest BCUT2D eigenvalue weighted by molar-refractivity contribution is 5.71. The van der Waals surface area contributed by atoms with Crippen LogP contribution in [0, 0.1) is 0 Å². The van der Waals surface area contributed by atoms with Crippen molar-refractivity contribution in [2.75, 3.05) is 13.2 Å². The fourth-order valence-corrected chi connectivity index (χ4v) is 9.59. The van der Waals surface area contributed by atoms with Crippen LogP contribution in [0.25, 0.3) is 0 Å². The normalized spacial score (nSPS) is 12.8. The van der Waals surface area contributed by atoms with E-state index in [-0.39, 0.29) is 31.1 Å². The predicted octanol–water partition coefficient (Wildman–Crippen LogP) is 23.8. The molecule has 0 radical (unpaired) electrons. The second-order valence-electron chi connectivity index (χ2n) is 22.7. The number of hydrogen-bond donors (Lipinski definition) is 0. The molecule has 0 fully saturated rings. The molecule has 0 aliphatic carbocycles. The number of carbonyl (C=O) groups excluding carboxylic acids is 3. The summed E-state index contributed by atoms with van der Waals surface area (Å²) in [6, 6.07) is 0. The van der Waals surface area contributed by atoms with E-state index >= 15 is 0 Å². The van der Waals surface area contributed by atoms with E-state index in [1.807, 2.05) is 0 Å². The van der Waals surface area contributed by atoms with E-state index in [0.29, 0.717) is 19.3 Å². The molecule has 0 rings (SSSR count). The third-order valence-electron chi connectivity index (χ3n) is 14.7. The number of ether oxygens (including phenoxy) is 3. The lowest BCUT2D eigenvalue weighted by atomic mass is 10.0. The summed E-state index contributed by atoms with van der Waals surface area (Å²) in [6.07, 6.45) is 93.8. The molecule has 0 saturated carbocycles. The van der Waals surface area contributed by atoms with Gasteiger partial charge in [0.25, 0.3) is 0 Å². The molecule has 0 bridgehead atoms. The highest BCUT2D eigenvalue weighted by atomic mass is 16.6. The zero-order valence-electron chi connectivity index (χ0n) is 53.3. The average molecular weight is 1130 g/mol. The lowest BCUT2D eigenvalue weighted by Gasteiger charge is -2.18. The molecular weight excluding hydrogens is 997 g/mol. The summed E-state index contributed by atoms with van der Waals surface area (Å²) >= 11 is 0. The summed E-state index contributed by atoms with van der Waals surface area (Å²) in [5, 5.41) is 0. The Hall–Kier alpha value is -3.93. The summed E-state index contributed by atoms with van der Waals surface area (Å²) in [4.78, 5) is 38.4. The van der Waals surface area contributed by atoms with Crippen molar-refractivity contribution in [1.29, 1.82) is 0 Å². The van der Waals surface area contributed by atoms with Crippen molar-refractivity contribution >= 4 is 17.9 Å². The fourth-order valence-electron chi connectivity index (χ4n) is 9.59. The molecule has 1 unspecified atom stereocenters. The Bertz CT molecular complexity index is 1620. The Balaban J connectivity index is 4.36. The molecule has 0 aliphatic rings. The lowest BCUT2D eigenvalue weighted by Crippen LogP contribution is -2.30. The fraction of sp³-hybridized carbons (Fsp3) is 0.720. The number of allylic oxidation sites excluding steroid dienone is 18. The standard InChI is InChI=1S/C75H128O6/c1-4-7-10-13-16-19-22-25-28-31-33-34-35-36-37-38-39-40-42-44-47-50-53-56-59-62-65-68-74(77)80-71-72(70-79-73(76)67-64-61-58-55-52-49-46-43-30-27-24-21-18-15-12-9-6-3)81-75(78)69-66-63-60-57-54-51-48-45-41-32-29-26-23-20-17-14-11-8-5-2/h9,12,17-18,20-22,25-27,29-31,33,35-36,41,45,72H,4-8,10-11,13-16,19,23-24,28,32,34,37-40,42-44,46-71H2,1-3H3/b12-9-,20-17-,21-18-,25-22-,29-26-,30-27-,33-31-,36-35-,45-41-. The van der Waals surface area contributed by atoms with Crippen molar-refractivity contribution in [1.82, 2.24) is 0 Å². The molecule has 464 valence electrons. The third kappa shape index (κ3) is 66.8. The second kappa shape index (κ2) is 68.6. The minimum atomic E-state index is -0.794. The van der Waals surface area contributed by atoms with E-state index in [2.05, 4.69) is 130 Å². The molecule has 0 aliphatic heterocycles. The quantitative estimate of drug-likeness (QED) is 0.0261. The predicted molar refractivity (Wildman–Crippen MR) is 353 cm³/mol. The van der Waals surface area contributed by atoms with Gasteiger partial charge in [-0.25, -0.2) is 0 Å². The first-order chi connectivity index (χ1) is 40.0. The van der Waals surface area contributed by atoms with Crippen LogP contribution in [-0.2, 0) is 28.6 Å². The smallest absolute Gasteiger partial charge is 0.306 e. The SMILES string of the molecule is CC/C=C\C/C=C\C/C=C\CCCCCCCCCC(=O)OCC(COC(=O)CCCCCCCCCCCCCC/C=C\C/C=C\C/C=C\CCCCCCC)OC(=O)CCCCCCCC/C=C\C/C=C\C/C=C\CCCCC. The number of esters is 3. The molecule has 0 heterocycles. The maximum Gasteiger partial charge on any atom is 0.306 e. The van der Waals surface area contributed by atoms with Gasteiger partial charge in [0.2, 0.25) is 0 Å². The second-order valence-corrected chi connectivity index (χ2v) is 22.7. The number of carbonyl (C=O) groups is 3. The van der Waals surface area contributed by atoms with Crippen molar-refractivity contribution in [2.45, 2.75) is 335 Å². The largest absolute Gasteiger partial charge is 0.462 e. The molecule has 0 N–H and O–H groups in total. The highest BCUT2D eigenvalue weighted by Gasteiger charge is 2.19. The van der Waals surface area contributed by atoms with E-state index in [0.717, 1.165) is 122 Å². The van der Waals surface area contributed by atoms with Crippen molar-refractivity contribution in [2.24, 2.45) is 0 Å². The van der Waals surface area contributed by atoms with E-state index in [1.165, 1.54) is 167 Å². The van der Waals surface area contributed by atoms with E-state index in [9.17, 15) is 14.4 Å². The van der Waals surface area contributed by atoms with E-state index in [4.69, 9.17) is 14.2 Å². The summed E-state index contributed by atoms with van der Waals surface area (Å²) in [6.45, 7) is 6.50. The van der Waals surface area contributed by atoms with E-state index < -0.39 is 6.10 Å². The van der Waals surface area contributed by atoms with Crippen LogP contribution >= 0.6 is 0 Å². The molecule has 0 aromatic rings. The molecule has 0 amide bonds. The van der Waals surface area contributed by atoms with Crippen LogP contribution in [0.1, 0.15) is 329 Å². The lowest BCUT2D eigenvalue weighted by molar-refractivity contribution is -0.167. The maximum absolute atomic E-state index is 12.9. The molecule has 0 spiro atoms. The molecule has 0 aromatic heterocycles. The summed E-state index contributed by atoms with van der Waals surface area (Å²) in [5.41, 5.74) is 0. The molecule has 81 heavy (non-hydrogen) atoms. The van der Waals surface area contributed by atoms with Crippen molar-refractivity contribution < 1.29 is 28.6 Å². The Morgan fingerprint density at radius 3 is 0.778 bits per heavy atom. The van der Waals surface area contributed by atoms with Gasteiger partial charge in [0.15, 0.2) is 6.10 Å². The molecule has 6 heteroatoms. The number of rotatable bonds is 62. The first-order valence-electron chi connectivity index (χ1n) is 34.4. The van der Waals surface area contributed by atoms with Gasteiger partial charge in [-0.15, -0.1) is 0 Å². The Kier molecular flexibility index (Phi) is 65.2. The summed E-state index contributed by atoms with van der Waals surface area (Å²) in [7, 11) is 0. The van der Waals surface area contributed by atoms with Crippen LogP contribution in [-0.4, -0.2) is 37.2 Å². The van der Waals surface area contributed by atoms with Gasteiger partial charge in [-0.1, -0.05) is 291 Å². The van der Waals surface area contributed by atoms with Gasteiger partial charge in [-0.3, -0.25) is 14.4 Å². The van der Waals surface area contributed by atoms with Crippen LogP contribution < -0.4 is 0 Å². The zero-order valence-corrected chi connectivity index (χ0v) is 53.3. The Morgan fingerprint density at radius 1 is 0.259 bits per heavy atom. The van der Waals surface area contributed by atoms with Crippen LogP contribution in [0.5, 0.6) is 0 Å². The van der Waals surface area contributed by atoms with Crippen LogP contribution in [0.15, 0.2) is 109 Å². The molecule has 0 aromatic carbocycles. The average Bonchev–Trinajstić information content (AvgIpc) is 3.47. The van der Waals surface area contributed by atoms with Gasteiger partial charge in [-0.05, 0) is 128 Å². The van der Waals surface area contributed by atoms with Gasteiger partial charge < -0.3 is 14.2 Å². The van der Waals surface area contributed by atoms with Crippen LogP contribution in [0.2, 0.25) is 0 Å². The van der Waals surface area contributed by atoms with Crippen LogP contribution in [0.3, 0.4) is 0 Å². The van der Waals surface area contributed by atoms with Crippen LogP contribution in [0.4, 0.5) is 0 Å². The number of unbranched alkanes of at least 4 members (excludes halogenated alkanes) is 33. The van der Waals surface area contributed by atoms with Crippen molar-refractivity contribution in [3.63, 3.8) is 0 Å². The Labute approximate surface area is 501 Å². The molecule has 0 saturated heterocycles. The monoisotopic (exact) mass is 1120 g/mol. The first kappa shape index (κ1) is 77.1. The summed E-state index contributed by atoms with van der Waals surface area (Å²) in [5.74, 6) is -0.901. The minimum Gasteiger partial charge on any atom is -0.462 e.